The quantitative estimate of drug-likeness (QED) is 0.500. The Hall–Kier alpha value is -2.39. The number of nitrogens with one attached hydrogen (secondary N) is 1. The van der Waals surface area contributed by atoms with Crippen LogP contribution in [-0.2, 0) is 26.2 Å². The number of rotatable bonds is 10. The van der Waals surface area contributed by atoms with Crippen molar-refractivity contribution < 1.29 is 18.0 Å². The van der Waals surface area contributed by atoms with Gasteiger partial charge in [0.2, 0.25) is 21.8 Å². The van der Waals surface area contributed by atoms with Crippen molar-refractivity contribution in [3.8, 4) is 0 Å². The van der Waals surface area contributed by atoms with Crippen molar-refractivity contribution in [2.45, 2.75) is 40.3 Å². The van der Waals surface area contributed by atoms with Gasteiger partial charge in [-0.25, -0.2) is 8.42 Å². The minimum absolute atomic E-state index is 0.189. The predicted octanol–water partition coefficient (Wildman–Crippen LogP) is 3.71. The van der Waals surface area contributed by atoms with Gasteiger partial charge in [0.25, 0.3) is 0 Å². The Morgan fingerprint density at radius 3 is 2.24 bits per heavy atom. The number of amides is 2. The third-order valence-corrected chi connectivity index (χ3v) is 6.75. The van der Waals surface area contributed by atoms with Gasteiger partial charge in [0, 0.05) is 17.6 Å². The smallest absolute Gasteiger partial charge is 0.244 e. The number of aryl methyl sites for hydroxylation is 1. The van der Waals surface area contributed by atoms with E-state index in [1.807, 2.05) is 45.0 Å². The largest absolute Gasteiger partial charge is 0.354 e. The van der Waals surface area contributed by atoms with Crippen molar-refractivity contribution in [2.75, 3.05) is 23.7 Å². The third kappa shape index (κ3) is 8.16. The van der Waals surface area contributed by atoms with Crippen LogP contribution in [0.2, 0.25) is 0 Å². The molecule has 0 aliphatic heterocycles. The van der Waals surface area contributed by atoms with E-state index in [0.29, 0.717) is 12.2 Å². The van der Waals surface area contributed by atoms with E-state index in [0.717, 1.165) is 26.2 Å². The Morgan fingerprint density at radius 2 is 1.70 bits per heavy atom. The predicted molar refractivity (Wildman–Crippen MR) is 135 cm³/mol. The van der Waals surface area contributed by atoms with Crippen molar-refractivity contribution in [1.82, 2.24) is 10.2 Å². The highest BCUT2D eigenvalue weighted by molar-refractivity contribution is 9.10. The molecule has 2 amide bonds. The molecule has 0 fully saturated rings. The van der Waals surface area contributed by atoms with Gasteiger partial charge in [-0.15, -0.1) is 0 Å². The summed E-state index contributed by atoms with van der Waals surface area (Å²) in [5.74, 6) is -0.475. The fraction of sp³-hybridized carbons (Fsp3) is 0.417. The fourth-order valence-electron chi connectivity index (χ4n) is 3.26. The lowest BCUT2D eigenvalue weighted by Crippen LogP contribution is -2.51. The molecule has 0 aliphatic rings. The van der Waals surface area contributed by atoms with Gasteiger partial charge in [-0.05, 0) is 49.6 Å². The average molecular weight is 539 g/mol. The molecule has 1 N–H and O–H groups in total. The van der Waals surface area contributed by atoms with Crippen molar-refractivity contribution in [2.24, 2.45) is 5.92 Å². The first kappa shape index (κ1) is 26.9. The highest BCUT2D eigenvalue weighted by atomic mass is 79.9. The second-order valence-corrected chi connectivity index (χ2v) is 11.4. The number of hydrogen-bond donors (Lipinski definition) is 1. The first-order valence-electron chi connectivity index (χ1n) is 10.7. The fourth-order valence-corrected chi connectivity index (χ4v) is 4.38. The van der Waals surface area contributed by atoms with E-state index in [-0.39, 0.29) is 18.4 Å². The average Bonchev–Trinajstić information content (AvgIpc) is 2.73. The van der Waals surface area contributed by atoms with Crippen LogP contribution < -0.4 is 9.62 Å². The number of carbonyl (C=O) groups is 2. The molecule has 2 rings (SSSR count). The Morgan fingerprint density at radius 1 is 1.06 bits per heavy atom. The Balaban J connectivity index is 2.35. The number of carbonyl (C=O) groups excluding carboxylic acids is 2. The molecule has 0 radical (unpaired) electrons. The number of nitrogens with zero attached hydrogens (tertiary/aromatic N) is 2. The van der Waals surface area contributed by atoms with Gasteiger partial charge in [-0.3, -0.25) is 13.9 Å². The molecule has 33 heavy (non-hydrogen) atoms. The maximum Gasteiger partial charge on any atom is 0.244 e. The molecule has 2 aromatic carbocycles. The number of benzene rings is 2. The summed E-state index contributed by atoms with van der Waals surface area (Å²) in [6.45, 7) is 7.86. The van der Waals surface area contributed by atoms with Crippen molar-refractivity contribution >= 4 is 43.5 Å². The lowest BCUT2D eigenvalue weighted by Gasteiger charge is -2.31. The maximum absolute atomic E-state index is 13.4. The highest BCUT2D eigenvalue weighted by Gasteiger charge is 2.30. The van der Waals surface area contributed by atoms with E-state index >= 15 is 0 Å². The minimum atomic E-state index is -3.74. The zero-order chi connectivity index (χ0) is 24.8. The van der Waals surface area contributed by atoms with Crippen LogP contribution in [0.15, 0.2) is 53.0 Å². The van der Waals surface area contributed by atoms with E-state index in [2.05, 4.69) is 21.2 Å². The van der Waals surface area contributed by atoms with Gasteiger partial charge in [0.05, 0.1) is 11.9 Å². The van der Waals surface area contributed by atoms with E-state index in [4.69, 9.17) is 0 Å². The third-order valence-electron chi connectivity index (χ3n) is 5.08. The molecule has 0 heterocycles. The summed E-state index contributed by atoms with van der Waals surface area (Å²) in [5.41, 5.74) is 2.27. The molecule has 9 heteroatoms. The van der Waals surface area contributed by atoms with Gasteiger partial charge < -0.3 is 10.2 Å². The summed E-state index contributed by atoms with van der Waals surface area (Å²) >= 11 is 3.33. The van der Waals surface area contributed by atoms with Crippen molar-refractivity contribution in [1.29, 1.82) is 0 Å². The normalized spacial score (nSPS) is 12.3. The van der Waals surface area contributed by atoms with Crippen LogP contribution in [0.5, 0.6) is 0 Å². The van der Waals surface area contributed by atoms with Gasteiger partial charge in [0.1, 0.15) is 12.6 Å². The molecular formula is C24H32BrN3O4S. The highest BCUT2D eigenvalue weighted by Crippen LogP contribution is 2.21. The van der Waals surface area contributed by atoms with Gasteiger partial charge in [-0.2, -0.15) is 0 Å². The standard InChI is InChI=1S/C24H32BrN3O4S/c1-17(2)14-26-24(30)19(4)27(15-20-8-6-7-18(3)13-20)23(29)16-28(33(5,31)32)22-11-9-21(25)10-12-22/h6-13,17,19H,14-16H2,1-5H3,(H,26,30). The van der Waals surface area contributed by atoms with E-state index < -0.39 is 28.5 Å². The van der Waals surface area contributed by atoms with Crippen molar-refractivity contribution in [3.63, 3.8) is 0 Å². The summed E-state index contributed by atoms with van der Waals surface area (Å²) in [6, 6.07) is 13.6. The zero-order valence-electron chi connectivity index (χ0n) is 19.7. The maximum atomic E-state index is 13.4. The van der Waals surface area contributed by atoms with E-state index in [1.165, 1.54) is 4.90 Å². The molecule has 1 atom stereocenters. The molecule has 180 valence electrons. The molecule has 7 nitrogen and oxygen atoms in total. The van der Waals surface area contributed by atoms with Crippen molar-refractivity contribution in [3.05, 3.63) is 64.1 Å². The number of sulfonamides is 1. The van der Waals surface area contributed by atoms with Crippen LogP contribution in [0.25, 0.3) is 0 Å². The van der Waals surface area contributed by atoms with Gasteiger partial charge in [-0.1, -0.05) is 59.6 Å². The summed E-state index contributed by atoms with van der Waals surface area (Å²) < 4.78 is 26.9. The summed E-state index contributed by atoms with van der Waals surface area (Å²) in [6.07, 6.45) is 1.06. The monoisotopic (exact) mass is 537 g/mol. The molecule has 0 aliphatic carbocycles. The Labute approximate surface area is 205 Å². The molecule has 0 saturated heterocycles. The zero-order valence-corrected chi connectivity index (χ0v) is 22.1. The van der Waals surface area contributed by atoms with Crippen LogP contribution in [0.1, 0.15) is 31.9 Å². The lowest BCUT2D eigenvalue weighted by atomic mass is 10.1. The van der Waals surface area contributed by atoms with Gasteiger partial charge in [0.15, 0.2) is 0 Å². The Bertz CT molecular complexity index is 1070. The number of halogens is 1. The Kier molecular flexibility index (Phi) is 9.48. The second kappa shape index (κ2) is 11.7. The molecule has 1 unspecified atom stereocenters. The van der Waals surface area contributed by atoms with E-state index in [1.54, 1.807) is 31.2 Å². The second-order valence-electron chi connectivity index (χ2n) is 8.57. The summed E-state index contributed by atoms with van der Waals surface area (Å²) in [5, 5.41) is 2.87. The molecule has 0 aromatic heterocycles. The number of anilines is 1. The van der Waals surface area contributed by atoms with Crippen LogP contribution in [-0.4, -0.2) is 50.5 Å². The van der Waals surface area contributed by atoms with Crippen LogP contribution in [0, 0.1) is 12.8 Å². The first-order valence-corrected chi connectivity index (χ1v) is 13.4. The van der Waals surface area contributed by atoms with Crippen LogP contribution in [0.4, 0.5) is 5.69 Å². The molecule has 0 bridgehead atoms. The SMILES string of the molecule is Cc1cccc(CN(C(=O)CN(c2ccc(Br)cc2)S(C)(=O)=O)C(C)C(=O)NCC(C)C)c1. The van der Waals surface area contributed by atoms with Gasteiger partial charge >= 0.3 is 0 Å². The van der Waals surface area contributed by atoms with Crippen LogP contribution in [0.3, 0.4) is 0 Å². The molecule has 0 saturated carbocycles. The molecule has 0 spiro atoms. The lowest BCUT2D eigenvalue weighted by molar-refractivity contribution is -0.139. The molecule has 2 aromatic rings. The number of hydrogen-bond acceptors (Lipinski definition) is 4. The summed E-state index contributed by atoms with van der Waals surface area (Å²) in [7, 11) is -3.74. The first-order chi connectivity index (χ1) is 15.4. The molecular weight excluding hydrogens is 506 g/mol. The van der Waals surface area contributed by atoms with E-state index in [9.17, 15) is 18.0 Å². The minimum Gasteiger partial charge on any atom is -0.354 e. The summed E-state index contributed by atoms with van der Waals surface area (Å²) in [4.78, 5) is 27.7. The topological polar surface area (TPSA) is 86.8 Å². The van der Waals surface area contributed by atoms with Crippen LogP contribution >= 0.6 is 15.9 Å².